The van der Waals surface area contributed by atoms with Gasteiger partial charge < -0.3 is 3.07 Å². The Hall–Kier alpha value is -0.160. The maximum absolute atomic E-state index is 5.12. The van der Waals surface area contributed by atoms with E-state index in [0.29, 0.717) is 0 Å². The van der Waals surface area contributed by atoms with Crippen LogP contribution in [0.25, 0.3) is 0 Å². The lowest BCUT2D eigenvalue weighted by Crippen LogP contribution is -1.84. The van der Waals surface area contributed by atoms with Crippen LogP contribution in [-0.4, -0.2) is 0 Å². The molecule has 1 aromatic carbocycles. The smallest absolute Gasteiger partial charge is 0.192 e. The standard InChI is InChI=1S/C8H9IOS.C2H4/c1-5-4-8(11)6(2)3-7(5)10-9;1-2/h3-4,11H,1-2H3;1-2H2. The summed E-state index contributed by atoms with van der Waals surface area (Å²) < 4.78 is 5.12. The number of hydrogen-bond acceptors (Lipinski definition) is 2. The zero-order valence-corrected chi connectivity index (χ0v) is 10.9. The van der Waals surface area contributed by atoms with Crippen molar-refractivity contribution in [1.82, 2.24) is 0 Å². The molecule has 72 valence electrons. The highest BCUT2D eigenvalue weighted by molar-refractivity contribution is 14.1. The van der Waals surface area contributed by atoms with Gasteiger partial charge in [0.05, 0.1) is 0 Å². The van der Waals surface area contributed by atoms with E-state index in [1.807, 2.05) is 49.0 Å². The second-order valence-electron chi connectivity index (χ2n) is 2.48. The Morgan fingerprint density at radius 1 is 1.23 bits per heavy atom. The molecule has 0 N–H and O–H groups in total. The Bertz CT molecular complexity index is 286. The van der Waals surface area contributed by atoms with Gasteiger partial charge in [-0.3, -0.25) is 0 Å². The number of rotatable bonds is 1. The quantitative estimate of drug-likeness (QED) is 0.466. The van der Waals surface area contributed by atoms with Gasteiger partial charge in [0, 0.05) is 4.90 Å². The van der Waals surface area contributed by atoms with Gasteiger partial charge in [0.15, 0.2) is 23.0 Å². The first-order valence-corrected chi connectivity index (χ1v) is 5.06. The van der Waals surface area contributed by atoms with Crippen molar-refractivity contribution in [1.29, 1.82) is 0 Å². The molecule has 0 aliphatic heterocycles. The lowest BCUT2D eigenvalue weighted by atomic mass is 10.1. The maximum atomic E-state index is 5.12. The minimum atomic E-state index is 0.918. The fourth-order valence-electron chi connectivity index (χ4n) is 0.858. The number of hydrogen-bond donors (Lipinski definition) is 1. The predicted octanol–water partition coefficient (Wildman–Crippen LogP) is 4.12. The fourth-order valence-corrected chi connectivity index (χ4v) is 1.59. The van der Waals surface area contributed by atoms with E-state index in [2.05, 4.69) is 25.8 Å². The van der Waals surface area contributed by atoms with Gasteiger partial charge in [-0.25, -0.2) is 0 Å². The predicted molar refractivity (Wildman–Crippen MR) is 69.1 cm³/mol. The largest absolute Gasteiger partial charge is 0.427 e. The minimum absolute atomic E-state index is 0.918. The molecular formula is C10H13IOS. The van der Waals surface area contributed by atoms with E-state index in [1.165, 1.54) is 0 Å². The van der Waals surface area contributed by atoms with E-state index in [-0.39, 0.29) is 0 Å². The SMILES string of the molecule is C=C.Cc1cc(OI)c(C)cc1S. The summed E-state index contributed by atoms with van der Waals surface area (Å²) in [5.41, 5.74) is 2.26. The van der Waals surface area contributed by atoms with Crippen LogP contribution in [0.4, 0.5) is 0 Å². The Labute approximate surface area is 99.3 Å². The zero-order chi connectivity index (χ0) is 10.4. The van der Waals surface area contributed by atoms with Crippen molar-refractivity contribution in [3.63, 3.8) is 0 Å². The average Bonchev–Trinajstić information content (AvgIpc) is 2.15. The highest BCUT2D eigenvalue weighted by Crippen LogP contribution is 2.25. The summed E-state index contributed by atoms with van der Waals surface area (Å²) in [6, 6.07) is 4.00. The number of halogens is 1. The molecule has 0 spiro atoms. The van der Waals surface area contributed by atoms with Crippen LogP contribution in [0.15, 0.2) is 30.2 Å². The Balaban J connectivity index is 0.000000671. The third-order valence-electron chi connectivity index (χ3n) is 1.58. The number of aryl methyl sites for hydroxylation is 2. The molecule has 0 atom stereocenters. The topological polar surface area (TPSA) is 9.23 Å². The molecule has 0 saturated carbocycles. The van der Waals surface area contributed by atoms with Crippen LogP contribution < -0.4 is 3.07 Å². The summed E-state index contributed by atoms with van der Waals surface area (Å²) in [6.07, 6.45) is 0. The van der Waals surface area contributed by atoms with Crippen molar-refractivity contribution in [3.8, 4) is 5.75 Å². The molecule has 0 bridgehead atoms. The van der Waals surface area contributed by atoms with Crippen molar-refractivity contribution in [3.05, 3.63) is 36.4 Å². The van der Waals surface area contributed by atoms with E-state index >= 15 is 0 Å². The summed E-state index contributed by atoms with van der Waals surface area (Å²) in [5, 5.41) is 0. The second kappa shape index (κ2) is 6.32. The van der Waals surface area contributed by atoms with E-state index < -0.39 is 0 Å². The number of thiol groups is 1. The maximum Gasteiger partial charge on any atom is 0.192 e. The Morgan fingerprint density at radius 3 is 2.23 bits per heavy atom. The van der Waals surface area contributed by atoms with Crippen LogP contribution in [0.5, 0.6) is 5.75 Å². The number of benzene rings is 1. The Kier molecular flexibility index (Phi) is 6.24. The molecule has 0 radical (unpaired) electrons. The summed E-state index contributed by atoms with van der Waals surface area (Å²) in [4.78, 5) is 1.01. The lowest BCUT2D eigenvalue weighted by molar-refractivity contribution is 0.706. The van der Waals surface area contributed by atoms with Crippen LogP contribution in [-0.2, 0) is 0 Å². The van der Waals surface area contributed by atoms with Crippen LogP contribution in [0, 0.1) is 13.8 Å². The van der Waals surface area contributed by atoms with E-state index in [4.69, 9.17) is 3.07 Å². The van der Waals surface area contributed by atoms with Gasteiger partial charge in [0.25, 0.3) is 0 Å². The molecule has 1 nitrogen and oxygen atoms in total. The van der Waals surface area contributed by atoms with Gasteiger partial charge >= 0.3 is 0 Å². The summed E-state index contributed by atoms with van der Waals surface area (Å²) in [6.45, 7) is 10.0. The average molecular weight is 308 g/mol. The first-order chi connectivity index (χ1) is 6.15. The molecule has 13 heavy (non-hydrogen) atoms. The minimum Gasteiger partial charge on any atom is -0.427 e. The normalized spacial score (nSPS) is 8.62. The first-order valence-electron chi connectivity index (χ1n) is 3.74. The van der Waals surface area contributed by atoms with E-state index in [1.54, 1.807) is 0 Å². The van der Waals surface area contributed by atoms with Crippen LogP contribution in [0.1, 0.15) is 11.1 Å². The summed E-state index contributed by atoms with van der Waals surface area (Å²) >= 11 is 6.18. The van der Waals surface area contributed by atoms with Crippen molar-refractivity contribution >= 4 is 35.6 Å². The van der Waals surface area contributed by atoms with E-state index in [9.17, 15) is 0 Å². The third-order valence-corrected chi connectivity index (χ3v) is 2.53. The van der Waals surface area contributed by atoms with Gasteiger partial charge in [-0.2, -0.15) is 0 Å². The van der Waals surface area contributed by atoms with Crippen molar-refractivity contribution in [2.45, 2.75) is 18.7 Å². The van der Waals surface area contributed by atoms with Crippen molar-refractivity contribution < 1.29 is 3.07 Å². The van der Waals surface area contributed by atoms with Crippen LogP contribution in [0.2, 0.25) is 0 Å². The molecular weight excluding hydrogens is 295 g/mol. The van der Waals surface area contributed by atoms with Gasteiger partial charge in [-0.1, -0.05) is 0 Å². The van der Waals surface area contributed by atoms with Gasteiger partial charge in [-0.15, -0.1) is 25.8 Å². The molecule has 0 aliphatic rings. The monoisotopic (exact) mass is 308 g/mol. The molecule has 0 amide bonds. The summed E-state index contributed by atoms with van der Waals surface area (Å²) in [7, 11) is 0. The first kappa shape index (κ1) is 12.8. The fraction of sp³-hybridized carbons (Fsp3) is 0.200. The zero-order valence-electron chi connectivity index (χ0n) is 7.80. The third kappa shape index (κ3) is 3.60. The molecule has 1 rings (SSSR count). The van der Waals surface area contributed by atoms with Crippen LogP contribution >= 0.6 is 35.6 Å². The second-order valence-corrected chi connectivity index (χ2v) is 3.40. The molecule has 0 fully saturated rings. The molecule has 3 heteroatoms. The molecule has 1 aromatic rings. The van der Waals surface area contributed by atoms with Gasteiger partial charge in [0.1, 0.15) is 5.75 Å². The molecule has 0 aliphatic carbocycles. The van der Waals surface area contributed by atoms with Gasteiger partial charge in [0.2, 0.25) is 0 Å². The molecule has 0 saturated heterocycles. The molecule has 0 heterocycles. The molecule has 0 unspecified atom stereocenters. The van der Waals surface area contributed by atoms with Crippen LogP contribution in [0.3, 0.4) is 0 Å². The van der Waals surface area contributed by atoms with Crippen molar-refractivity contribution in [2.24, 2.45) is 0 Å². The van der Waals surface area contributed by atoms with E-state index in [0.717, 1.165) is 21.8 Å². The summed E-state index contributed by atoms with van der Waals surface area (Å²) in [5.74, 6) is 0.918. The van der Waals surface area contributed by atoms with Gasteiger partial charge in [-0.05, 0) is 37.1 Å². The highest BCUT2D eigenvalue weighted by atomic mass is 127. The Morgan fingerprint density at radius 2 is 1.77 bits per heavy atom. The van der Waals surface area contributed by atoms with Crippen molar-refractivity contribution in [2.75, 3.05) is 0 Å². The lowest BCUT2D eigenvalue weighted by Gasteiger charge is -2.05. The highest BCUT2D eigenvalue weighted by Gasteiger charge is 2.01. The molecule has 0 aromatic heterocycles.